The maximum atomic E-state index is 11.1. The van der Waals surface area contributed by atoms with Gasteiger partial charge in [0.1, 0.15) is 12.2 Å². The SMILES string of the molecule is CCOC(=O)CC(=O)CC(O)C(=O)OC. The van der Waals surface area contributed by atoms with Gasteiger partial charge in [-0.15, -0.1) is 0 Å². The lowest BCUT2D eigenvalue weighted by atomic mass is 10.1. The van der Waals surface area contributed by atoms with Gasteiger partial charge in [-0.1, -0.05) is 0 Å². The van der Waals surface area contributed by atoms with E-state index in [1.807, 2.05) is 0 Å². The van der Waals surface area contributed by atoms with Crippen molar-refractivity contribution in [3.63, 3.8) is 0 Å². The quantitative estimate of drug-likeness (QED) is 0.474. The Morgan fingerprint density at radius 2 is 1.93 bits per heavy atom. The molecule has 6 nitrogen and oxygen atoms in total. The van der Waals surface area contributed by atoms with Gasteiger partial charge in [-0.2, -0.15) is 0 Å². The van der Waals surface area contributed by atoms with Gasteiger partial charge in [-0.05, 0) is 6.92 Å². The molecule has 1 atom stereocenters. The Bertz CT molecular complexity index is 247. The summed E-state index contributed by atoms with van der Waals surface area (Å²) in [7, 11) is 1.10. The highest BCUT2D eigenvalue weighted by atomic mass is 16.5. The number of carbonyl (C=O) groups excluding carboxylic acids is 3. The number of ketones is 1. The number of hydrogen-bond donors (Lipinski definition) is 1. The molecule has 0 aliphatic rings. The molecular weight excluding hydrogens is 204 g/mol. The van der Waals surface area contributed by atoms with Gasteiger partial charge in [0.25, 0.3) is 0 Å². The maximum Gasteiger partial charge on any atom is 0.335 e. The second-order valence-electron chi connectivity index (χ2n) is 2.76. The summed E-state index contributed by atoms with van der Waals surface area (Å²) in [6.07, 6.45) is -2.40. The van der Waals surface area contributed by atoms with E-state index in [1.165, 1.54) is 0 Å². The smallest absolute Gasteiger partial charge is 0.335 e. The van der Waals surface area contributed by atoms with Crippen molar-refractivity contribution in [1.29, 1.82) is 0 Å². The number of aliphatic hydroxyl groups is 1. The Hall–Kier alpha value is -1.43. The van der Waals surface area contributed by atoms with Gasteiger partial charge in [0, 0.05) is 6.42 Å². The van der Waals surface area contributed by atoms with E-state index >= 15 is 0 Å². The van der Waals surface area contributed by atoms with Crippen LogP contribution in [0, 0.1) is 0 Å². The van der Waals surface area contributed by atoms with Crippen LogP contribution in [0.1, 0.15) is 19.8 Å². The minimum absolute atomic E-state index is 0.186. The molecule has 0 aromatic heterocycles. The lowest BCUT2D eigenvalue weighted by Crippen LogP contribution is -2.26. The average Bonchev–Trinajstić information content (AvgIpc) is 2.16. The van der Waals surface area contributed by atoms with Crippen LogP contribution in [0.25, 0.3) is 0 Å². The number of aliphatic hydroxyl groups excluding tert-OH is 1. The van der Waals surface area contributed by atoms with Crippen molar-refractivity contribution in [3.05, 3.63) is 0 Å². The van der Waals surface area contributed by atoms with Gasteiger partial charge in [0.15, 0.2) is 6.10 Å². The highest BCUT2D eigenvalue weighted by Crippen LogP contribution is 2.00. The maximum absolute atomic E-state index is 11.1. The summed E-state index contributed by atoms with van der Waals surface area (Å²) < 4.78 is 8.73. The molecule has 0 bridgehead atoms. The molecule has 0 fully saturated rings. The molecule has 0 aromatic rings. The fourth-order valence-electron chi connectivity index (χ4n) is 0.880. The molecule has 1 N–H and O–H groups in total. The summed E-state index contributed by atoms with van der Waals surface area (Å²) in [5, 5.41) is 9.08. The average molecular weight is 218 g/mol. The summed E-state index contributed by atoms with van der Waals surface area (Å²) >= 11 is 0. The molecule has 0 heterocycles. The Kier molecular flexibility index (Phi) is 6.28. The molecular formula is C9H14O6. The zero-order chi connectivity index (χ0) is 11.8. The molecule has 0 saturated heterocycles. The Balaban J connectivity index is 3.93. The van der Waals surface area contributed by atoms with Gasteiger partial charge < -0.3 is 14.6 Å². The van der Waals surface area contributed by atoms with Crippen molar-refractivity contribution in [3.8, 4) is 0 Å². The molecule has 0 spiro atoms. The molecule has 0 radical (unpaired) electrons. The number of hydrogen-bond acceptors (Lipinski definition) is 6. The zero-order valence-electron chi connectivity index (χ0n) is 8.69. The summed E-state index contributed by atoms with van der Waals surface area (Å²) in [4.78, 5) is 32.6. The first-order chi connectivity index (χ1) is 7.01. The van der Waals surface area contributed by atoms with Crippen LogP contribution < -0.4 is 0 Å². The number of methoxy groups -OCH3 is 1. The lowest BCUT2D eigenvalue weighted by molar-refractivity contribution is -0.154. The first kappa shape index (κ1) is 13.6. The molecule has 15 heavy (non-hydrogen) atoms. The van der Waals surface area contributed by atoms with E-state index in [1.54, 1.807) is 6.92 Å². The normalized spacial score (nSPS) is 11.7. The first-order valence-corrected chi connectivity index (χ1v) is 4.44. The van der Waals surface area contributed by atoms with Gasteiger partial charge in [0.05, 0.1) is 13.7 Å². The number of esters is 2. The van der Waals surface area contributed by atoms with Crippen molar-refractivity contribution in [2.75, 3.05) is 13.7 Å². The van der Waals surface area contributed by atoms with Crippen LogP contribution >= 0.6 is 0 Å². The van der Waals surface area contributed by atoms with E-state index in [0.717, 1.165) is 7.11 Å². The van der Waals surface area contributed by atoms with E-state index in [-0.39, 0.29) is 6.61 Å². The first-order valence-electron chi connectivity index (χ1n) is 4.44. The number of carbonyl (C=O) groups is 3. The summed E-state index contributed by atoms with van der Waals surface area (Å²) in [5.41, 5.74) is 0. The van der Waals surface area contributed by atoms with E-state index < -0.39 is 36.7 Å². The van der Waals surface area contributed by atoms with Crippen LogP contribution in [0.2, 0.25) is 0 Å². The minimum atomic E-state index is -1.52. The molecule has 1 unspecified atom stereocenters. The molecule has 0 aromatic carbocycles. The van der Waals surface area contributed by atoms with Gasteiger partial charge in [-0.3, -0.25) is 9.59 Å². The molecule has 86 valence electrons. The van der Waals surface area contributed by atoms with Crippen LogP contribution in [0.4, 0.5) is 0 Å². The van der Waals surface area contributed by atoms with E-state index in [4.69, 9.17) is 5.11 Å². The molecule has 0 aliphatic heterocycles. The van der Waals surface area contributed by atoms with E-state index in [9.17, 15) is 14.4 Å². The number of ether oxygens (including phenoxy) is 2. The third-order valence-corrected chi connectivity index (χ3v) is 1.54. The van der Waals surface area contributed by atoms with Crippen LogP contribution in [-0.2, 0) is 23.9 Å². The standard InChI is InChI=1S/C9H14O6/c1-3-15-8(12)5-6(10)4-7(11)9(13)14-2/h7,11H,3-5H2,1-2H3. The van der Waals surface area contributed by atoms with Crippen molar-refractivity contribution in [2.24, 2.45) is 0 Å². The summed E-state index contributed by atoms with van der Waals surface area (Å²) in [6, 6.07) is 0. The van der Waals surface area contributed by atoms with Crippen molar-refractivity contribution < 1.29 is 29.0 Å². The topological polar surface area (TPSA) is 89.9 Å². The highest BCUT2D eigenvalue weighted by Gasteiger charge is 2.21. The minimum Gasteiger partial charge on any atom is -0.467 e. The predicted octanol–water partition coefficient (Wildman–Crippen LogP) is -0.567. The fourth-order valence-corrected chi connectivity index (χ4v) is 0.880. The Morgan fingerprint density at radius 3 is 2.40 bits per heavy atom. The second-order valence-corrected chi connectivity index (χ2v) is 2.76. The van der Waals surface area contributed by atoms with Crippen LogP contribution in [0.3, 0.4) is 0 Å². The molecule has 0 rings (SSSR count). The number of Topliss-reactive ketones (excluding diaryl/α,β-unsaturated/α-hetero) is 1. The molecule has 6 heteroatoms. The summed E-state index contributed by atoms with van der Waals surface area (Å²) in [5.74, 6) is -2.13. The third kappa shape index (κ3) is 5.79. The van der Waals surface area contributed by atoms with Crippen molar-refractivity contribution >= 4 is 17.7 Å². The van der Waals surface area contributed by atoms with Gasteiger partial charge in [0.2, 0.25) is 0 Å². The van der Waals surface area contributed by atoms with Crippen molar-refractivity contribution in [2.45, 2.75) is 25.9 Å². The van der Waals surface area contributed by atoms with Gasteiger partial charge >= 0.3 is 11.9 Å². The van der Waals surface area contributed by atoms with Crippen LogP contribution in [0.15, 0.2) is 0 Å². The van der Waals surface area contributed by atoms with Crippen molar-refractivity contribution in [1.82, 2.24) is 0 Å². The molecule has 0 saturated carbocycles. The molecule has 0 amide bonds. The highest BCUT2D eigenvalue weighted by molar-refractivity contribution is 5.97. The molecule has 0 aliphatic carbocycles. The van der Waals surface area contributed by atoms with Gasteiger partial charge in [-0.25, -0.2) is 4.79 Å². The van der Waals surface area contributed by atoms with E-state index in [0.29, 0.717) is 0 Å². The largest absolute Gasteiger partial charge is 0.467 e. The van der Waals surface area contributed by atoms with Crippen LogP contribution in [-0.4, -0.2) is 42.6 Å². The fraction of sp³-hybridized carbons (Fsp3) is 0.667. The van der Waals surface area contributed by atoms with E-state index in [2.05, 4.69) is 9.47 Å². The van der Waals surface area contributed by atoms with Crippen LogP contribution in [0.5, 0.6) is 0 Å². The lowest BCUT2D eigenvalue weighted by Gasteiger charge is -2.06. The summed E-state index contributed by atoms with van der Waals surface area (Å²) in [6.45, 7) is 1.80. The zero-order valence-corrected chi connectivity index (χ0v) is 8.69. The second kappa shape index (κ2) is 6.94. The third-order valence-electron chi connectivity index (χ3n) is 1.54. The monoisotopic (exact) mass is 218 g/mol. The number of rotatable bonds is 6. The Morgan fingerprint density at radius 1 is 1.33 bits per heavy atom. The predicted molar refractivity (Wildman–Crippen MR) is 48.9 cm³/mol. The Labute approximate surface area is 87.2 Å².